The van der Waals surface area contributed by atoms with Gasteiger partial charge in [0.1, 0.15) is 0 Å². The van der Waals surface area contributed by atoms with Crippen molar-refractivity contribution in [3.8, 4) is 0 Å². The fraction of sp³-hybridized carbons (Fsp3) is 0.786. The van der Waals surface area contributed by atoms with E-state index in [1.807, 2.05) is 0 Å². The molecule has 2 rings (SSSR count). The lowest BCUT2D eigenvalue weighted by molar-refractivity contribution is 0.226. The Bertz CT molecular complexity index is 553. The Morgan fingerprint density at radius 3 is 2.76 bits per heavy atom. The van der Waals surface area contributed by atoms with E-state index in [1.54, 1.807) is 13.2 Å². The summed E-state index contributed by atoms with van der Waals surface area (Å²) in [6.45, 7) is 4.81. The van der Waals surface area contributed by atoms with Gasteiger partial charge >= 0.3 is 0 Å². The van der Waals surface area contributed by atoms with Gasteiger partial charge in [-0.3, -0.25) is 5.10 Å². The normalized spacial score (nSPS) is 23.6. The molecule has 1 aliphatic rings. The number of aromatic nitrogens is 2. The Kier molecular flexibility index (Phi) is 5.40. The van der Waals surface area contributed by atoms with E-state index in [1.165, 1.54) is 6.42 Å². The highest BCUT2D eigenvalue weighted by Gasteiger charge is 2.32. The van der Waals surface area contributed by atoms with Crippen molar-refractivity contribution in [3.63, 3.8) is 0 Å². The highest BCUT2D eigenvalue weighted by atomic mass is 32.2. The Hall–Kier alpha value is -0.920. The maximum Gasteiger partial charge on any atom is 0.258 e. The van der Waals surface area contributed by atoms with E-state index in [0.717, 1.165) is 19.3 Å². The Morgan fingerprint density at radius 2 is 2.10 bits per heavy atom. The van der Waals surface area contributed by atoms with Gasteiger partial charge in [0.25, 0.3) is 10.0 Å². The summed E-state index contributed by atoms with van der Waals surface area (Å²) >= 11 is 0. The molecule has 1 aliphatic carbocycles. The van der Waals surface area contributed by atoms with Crippen molar-refractivity contribution < 1.29 is 8.42 Å². The molecule has 0 saturated heterocycles. The van der Waals surface area contributed by atoms with E-state index in [-0.39, 0.29) is 11.1 Å². The maximum absolute atomic E-state index is 12.6. The van der Waals surface area contributed by atoms with Gasteiger partial charge in [0.05, 0.1) is 6.20 Å². The first-order valence-corrected chi connectivity index (χ1v) is 9.13. The Balaban J connectivity index is 2.17. The lowest BCUT2D eigenvalue weighted by atomic mass is 9.78. The molecular formula is C14H26N4O2S. The second-order valence-corrected chi connectivity index (χ2v) is 7.83. The summed E-state index contributed by atoms with van der Waals surface area (Å²) in [4.78, 5) is 0. The molecular weight excluding hydrogens is 288 g/mol. The first kappa shape index (κ1) is 16.5. The summed E-state index contributed by atoms with van der Waals surface area (Å²) in [5.74, 6) is 0.890. The Labute approximate surface area is 127 Å². The highest BCUT2D eigenvalue weighted by molar-refractivity contribution is 7.89. The second kappa shape index (κ2) is 6.89. The van der Waals surface area contributed by atoms with E-state index >= 15 is 0 Å². The summed E-state index contributed by atoms with van der Waals surface area (Å²) in [5.41, 5.74) is 0.668. The van der Waals surface area contributed by atoms with Crippen LogP contribution in [0.25, 0.3) is 0 Å². The fourth-order valence-electron chi connectivity index (χ4n) is 3.21. The summed E-state index contributed by atoms with van der Waals surface area (Å²) < 4.78 is 28.1. The van der Waals surface area contributed by atoms with Gasteiger partial charge in [0.15, 0.2) is 5.03 Å². The molecule has 6 nitrogen and oxygen atoms in total. The molecule has 1 aromatic heterocycles. The molecule has 0 spiro atoms. The van der Waals surface area contributed by atoms with Crippen molar-refractivity contribution in [1.29, 1.82) is 0 Å². The number of sulfonamides is 1. The van der Waals surface area contributed by atoms with Crippen molar-refractivity contribution in [2.75, 3.05) is 7.05 Å². The summed E-state index contributed by atoms with van der Waals surface area (Å²) in [6.07, 6.45) is 5.85. The van der Waals surface area contributed by atoms with Crippen molar-refractivity contribution in [1.82, 2.24) is 20.2 Å². The van der Waals surface area contributed by atoms with Crippen molar-refractivity contribution in [2.24, 2.45) is 11.8 Å². The fourth-order valence-corrected chi connectivity index (χ4v) is 4.66. The molecule has 2 atom stereocenters. The SMILES string of the molecule is CNCc1cn[nH]c1S(=O)(=O)NC1CCCCC1C(C)C. The third-order valence-corrected chi connectivity index (χ3v) is 5.80. The molecule has 0 aliphatic heterocycles. The van der Waals surface area contributed by atoms with E-state index in [9.17, 15) is 8.42 Å². The largest absolute Gasteiger partial charge is 0.316 e. The predicted octanol–water partition coefficient (Wildman–Crippen LogP) is 1.62. The van der Waals surface area contributed by atoms with Gasteiger partial charge in [-0.1, -0.05) is 26.7 Å². The lowest BCUT2D eigenvalue weighted by Crippen LogP contribution is -2.44. The van der Waals surface area contributed by atoms with Crippen LogP contribution in [-0.4, -0.2) is 31.7 Å². The minimum absolute atomic E-state index is 0.0227. The minimum atomic E-state index is -3.54. The molecule has 3 N–H and O–H groups in total. The number of nitrogens with zero attached hydrogens (tertiary/aromatic N) is 1. The summed E-state index contributed by atoms with van der Waals surface area (Å²) in [7, 11) is -1.76. The smallest absolute Gasteiger partial charge is 0.258 e. The quantitative estimate of drug-likeness (QED) is 0.744. The average Bonchev–Trinajstić information content (AvgIpc) is 2.88. The molecule has 0 amide bonds. The van der Waals surface area contributed by atoms with Crippen LogP contribution in [0.1, 0.15) is 45.1 Å². The van der Waals surface area contributed by atoms with Crippen LogP contribution in [0.3, 0.4) is 0 Å². The van der Waals surface area contributed by atoms with Crippen LogP contribution in [0.15, 0.2) is 11.2 Å². The third-order valence-electron chi connectivity index (χ3n) is 4.30. The van der Waals surface area contributed by atoms with Gasteiger partial charge in [-0.05, 0) is 31.7 Å². The summed E-state index contributed by atoms with van der Waals surface area (Å²) in [5, 5.41) is 9.64. The molecule has 0 bridgehead atoms. The van der Waals surface area contributed by atoms with Crippen LogP contribution in [0.5, 0.6) is 0 Å². The molecule has 2 unspecified atom stereocenters. The van der Waals surface area contributed by atoms with Crippen molar-refractivity contribution in [3.05, 3.63) is 11.8 Å². The lowest BCUT2D eigenvalue weighted by Gasteiger charge is -2.34. The van der Waals surface area contributed by atoms with E-state index in [2.05, 4.69) is 34.1 Å². The number of nitrogens with one attached hydrogen (secondary N) is 3. The molecule has 0 aromatic carbocycles. The second-order valence-electron chi connectivity index (χ2n) is 6.17. The van der Waals surface area contributed by atoms with Crippen LogP contribution in [0.2, 0.25) is 0 Å². The van der Waals surface area contributed by atoms with Crippen LogP contribution >= 0.6 is 0 Å². The first-order valence-electron chi connectivity index (χ1n) is 7.65. The van der Waals surface area contributed by atoms with Crippen LogP contribution < -0.4 is 10.0 Å². The van der Waals surface area contributed by atoms with E-state index < -0.39 is 10.0 Å². The first-order chi connectivity index (χ1) is 9.95. The standard InChI is InChI=1S/C14H26N4O2S/c1-10(2)12-6-4-5-7-13(12)18-21(19,20)14-11(8-15-3)9-16-17-14/h9-10,12-13,15,18H,4-8H2,1-3H3,(H,16,17). The zero-order chi connectivity index (χ0) is 15.5. The van der Waals surface area contributed by atoms with Gasteiger partial charge in [0.2, 0.25) is 0 Å². The number of hydrogen-bond acceptors (Lipinski definition) is 4. The van der Waals surface area contributed by atoms with E-state index in [4.69, 9.17) is 0 Å². The molecule has 1 aromatic rings. The summed E-state index contributed by atoms with van der Waals surface area (Å²) in [6, 6.07) is 0.0227. The van der Waals surface area contributed by atoms with Gasteiger partial charge in [0, 0.05) is 18.2 Å². The van der Waals surface area contributed by atoms with Gasteiger partial charge < -0.3 is 5.32 Å². The average molecular weight is 314 g/mol. The van der Waals surface area contributed by atoms with Crippen LogP contribution in [0, 0.1) is 11.8 Å². The molecule has 120 valence electrons. The van der Waals surface area contributed by atoms with E-state index in [0.29, 0.717) is 23.9 Å². The number of aromatic amines is 1. The number of hydrogen-bond donors (Lipinski definition) is 3. The number of rotatable bonds is 6. The monoisotopic (exact) mass is 314 g/mol. The molecule has 0 radical (unpaired) electrons. The molecule has 1 heterocycles. The molecule has 1 saturated carbocycles. The van der Waals surface area contributed by atoms with Gasteiger partial charge in [-0.2, -0.15) is 5.10 Å². The number of H-pyrrole nitrogens is 1. The van der Waals surface area contributed by atoms with Gasteiger partial charge in [-0.25, -0.2) is 13.1 Å². The van der Waals surface area contributed by atoms with Gasteiger partial charge in [-0.15, -0.1) is 0 Å². The molecule has 1 fully saturated rings. The zero-order valence-electron chi connectivity index (χ0n) is 13.0. The highest BCUT2D eigenvalue weighted by Crippen LogP contribution is 2.31. The van der Waals surface area contributed by atoms with Crippen LogP contribution in [-0.2, 0) is 16.6 Å². The molecule has 21 heavy (non-hydrogen) atoms. The third kappa shape index (κ3) is 3.84. The zero-order valence-corrected chi connectivity index (χ0v) is 13.8. The topological polar surface area (TPSA) is 86.9 Å². The minimum Gasteiger partial charge on any atom is -0.316 e. The van der Waals surface area contributed by atoms with Crippen molar-refractivity contribution >= 4 is 10.0 Å². The molecule has 7 heteroatoms. The van der Waals surface area contributed by atoms with Crippen LogP contribution in [0.4, 0.5) is 0 Å². The van der Waals surface area contributed by atoms with Crippen molar-refractivity contribution in [2.45, 2.75) is 57.1 Å². The Morgan fingerprint density at radius 1 is 1.38 bits per heavy atom. The maximum atomic E-state index is 12.6. The predicted molar refractivity (Wildman–Crippen MR) is 82.3 cm³/mol.